The molecule has 0 amide bonds. The molecule has 2 N–H and O–H groups in total. The number of piperidine rings is 1. The van der Waals surface area contributed by atoms with E-state index in [1.807, 2.05) is 0 Å². The van der Waals surface area contributed by atoms with E-state index in [1.165, 1.54) is 25.0 Å². The van der Waals surface area contributed by atoms with Crippen LogP contribution in [0.25, 0.3) is 0 Å². The first-order valence-corrected chi connectivity index (χ1v) is 6.37. The van der Waals surface area contributed by atoms with Gasteiger partial charge in [-0.05, 0) is 45.2 Å². The van der Waals surface area contributed by atoms with E-state index < -0.39 is 5.97 Å². The van der Waals surface area contributed by atoms with E-state index in [-0.39, 0.29) is 6.54 Å². The quantitative estimate of drug-likeness (QED) is 0.659. The summed E-state index contributed by atoms with van der Waals surface area (Å²) in [7, 11) is 0. The Balaban J connectivity index is 2.19. The van der Waals surface area contributed by atoms with E-state index in [4.69, 9.17) is 5.11 Å². The van der Waals surface area contributed by atoms with Crippen molar-refractivity contribution in [1.82, 2.24) is 10.2 Å². The summed E-state index contributed by atoms with van der Waals surface area (Å²) in [6.45, 7) is 10.2. The lowest BCUT2D eigenvalue weighted by Gasteiger charge is -2.32. The van der Waals surface area contributed by atoms with Crippen molar-refractivity contribution in [2.45, 2.75) is 26.2 Å². The van der Waals surface area contributed by atoms with Crippen molar-refractivity contribution >= 4 is 5.97 Å². The molecule has 1 aliphatic heterocycles. The van der Waals surface area contributed by atoms with Crippen LogP contribution in [0.15, 0.2) is 12.2 Å². The molecule has 1 aliphatic rings. The van der Waals surface area contributed by atoms with Crippen LogP contribution in [-0.2, 0) is 4.79 Å². The molecule has 0 aromatic rings. The van der Waals surface area contributed by atoms with Crippen molar-refractivity contribution in [3.63, 3.8) is 0 Å². The van der Waals surface area contributed by atoms with Crippen molar-refractivity contribution < 1.29 is 9.90 Å². The highest BCUT2D eigenvalue weighted by molar-refractivity contribution is 5.68. The SMILES string of the molecule is C=C(C)CCN1CCCC(CNCC(=O)O)C1. The monoisotopic (exact) mass is 240 g/mol. The van der Waals surface area contributed by atoms with Crippen molar-refractivity contribution in [1.29, 1.82) is 0 Å². The second-order valence-electron chi connectivity index (χ2n) is 5.04. The molecule has 0 radical (unpaired) electrons. The summed E-state index contributed by atoms with van der Waals surface area (Å²) < 4.78 is 0. The number of hydrogen-bond donors (Lipinski definition) is 2. The largest absolute Gasteiger partial charge is 0.480 e. The first-order chi connectivity index (χ1) is 8.08. The van der Waals surface area contributed by atoms with E-state index in [0.29, 0.717) is 5.92 Å². The summed E-state index contributed by atoms with van der Waals surface area (Å²) in [5.74, 6) is -0.187. The normalized spacial score (nSPS) is 21.4. The van der Waals surface area contributed by atoms with E-state index >= 15 is 0 Å². The molecule has 4 nitrogen and oxygen atoms in total. The van der Waals surface area contributed by atoms with Crippen LogP contribution in [-0.4, -0.2) is 48.7 Å². The molecule has 0 aromatic heterocycles. The molecule has 0 aliphatic carbocycles. The van der Waals surface area contributed by atoms with Gasteiger partial charge in [-0.3, -0.25) is 4.79 Å². The Labute approximate surface area is 104 Å². The number of carboxylic acid groups (broad SMARTS) is 1. The van der Waals surface area contributed by atoms with Gasteiger partial charge in [0.2, 0.25) is 0 Å². The third-order valence-corrected chi connectivity index (χ3v) is 3.17. The molecule has 1 heterocycles. The summed E-state index contributed by atoms with van der Waals surface area (Å²) >= 11 is 0. The molecule has 98 valence electrons. The summed E-state index contributed by atoms with van der Waals surface area (Å²) in [5, 5.41) is 11.6. The Morgan fingerprint density at radius 3 is 3.00 bits per heavy atom. The zero-order valence-electron chi connectivity index (χ0n) is 10.7. The smallest absolute Gasteiger partial charge is 0.317 e. The van der Waals surface area contributed by atoms with Gasteiger partial charge in [0.1, 0.15) is 0 Å². The van der Waals surface area contributed by atoms with E-state index in [2.05, 4.69) is 23.7 Å². The minimum absolute atomic E-state index is 0.0717. The highest BCUT2D eigenvalue weighted by Crippen LogP contribution is 2.16. The zero-order valence-corrected chi connectivity index (χ0v) is 10.7. The number of carboxylic acids is 1. The second-order valence-corrected chi connectivity index (χ2v) is 5.04. The van der Waals surface area contributed by atoms with Crippen LogP contribution >= 0.6 is 0 Å². The zero-order chi connectivity index (χ0) is 12.7. The van der Waals surface area contributed by atoms with E-state index in [1.54, 1.807) is 0 Å². The number of nitrogens with zero attached hydrogens (tertiary/aromatic N) is 1. The van der Waals surface area contributed by atoms with E-state index in [0.717, 1.165) is 26.1 Å². The van der Waals surface area contributed by atoms with Crippen LogP contribution in [0, 0.1) is 5.92 Å². The van der Waals surface area contributed by atoms with Crippen molar-refractivity contribution in [2.24, 2.45) is 5.92 Å². The highest BCUT2D eigenvalue weighted by atomic mass is 16.4. The molecule has 17 heavy (non-hydrogen) atoms. The summed E-state index contributed by atoms with van der Waals surface area (Å²) in [6, 6.07) is 0. The number of likely N-dealkylation sites (tertiary alicyclic amines) is 1. The Hall–Kier alpha value is -0.870. The maximum Gasteiger partial charge on any atom is 0.317 e. The minimum Gasteiger partial charge on any atom is -0.480 e. The van der Waals surface area contributed by atoms with Gasteiger partial charge in [0.25, 0.3) is 0 Å². The Morgan fingerprint density at radius 1 is 1.59 bits per heavy atom. The Kier molecular flexibility index (Phi) is 6.22. The standard InChI is InChI=1S/C13H24N2O2/c1-11(2)5-7-15-6-3-4-12(10-15)8-14-9-13(16)17/h12,14H,1,3-10H2,2H3,(H,16,17). The van der Waals surface area contributed by atoms with Gasteiger partial charge >= 0.3 is 5.97 Å². The second kappa shape index (κ2) is 7.45. The third-order valence-electron chi connectivity index (χ3n) is 3.17. The summed E-state index contributed by atoms with van der Waals surface area (Å²) in [6.07, 6.45) is 3.49. The Morgan fingerprint density at radius 2 is 2.35 bits per heavy atom. The van der Waals surface area contributed by atoms with Crippen LogP contribution in [0.3, 0.4) is 0 Å². The third kappa shape index (κ3) is 6.44. The van der Waals surface area contributed by atoms with E-state index in [9.17, 15) is 4.79 Å². The number of aliphatic carboxylic acids is 1. The highest BCUT2D eigenvalue weighted by Gasteiger charge is 2.19. The predicted octanol–water partition coefficient (Wildman–Crippen LogP) is 1.34. The Bertz CT molecular complexity index is 266. The van der Waals surface area contributed by atoms with Gasteiger partial charge in [0, 0.05) is 13.1 Å². The first-order valence-electron chi connectivity index (χ1n) is 6.37. The number of carbonyl (C=O) groups is 1. The van der Waals surface area contributed by atoms with Gasteiger partial charge in [-0.25, -0.2) is 0 Å². The van der Waals surface area contributed by atoms with Gasteiger partial charge in [-0.2, -0.15) is 0 Å². The molecule has 1 saturated heterocycles. The van der Waals surface area contributed by atoms with Crippen molar-refractivity contribution in [3.05, 3.63) is 12.2 Å². The summed E-state index contributed by atoms with van der Waals surface area (Å²) in [4.78, 5) is 12.9. The van der Waals surface area contributed by atoms with Crippen LogP contribution < -0.4 is 5.32 Å². The number of rotatable bonds is 7. The lowest BCUT2D eigenvalue weighted by atomic mass is 9.97. The molecule has 4 heteroatoms. The van der Waals surface area contributed by atoms with Gasteiger partial charge in [-0.1, -0.05) is 5.57 Å². The molecule has 1 fully saturated rings. The van der Waals surface area contributed by atoms with Crippen LogP contribution in [0.2, 0.25) is 0 Å². The molecule has 0 spiro atoms. The van der Waals surface area contributed by atoms with Gasteiger partial charge < -0.3 is 15.3 Å². The van der Waals surface area contributed by atoms with Gasteiger partial charge in [0.05, 0.1) is 6.54 Å². The number of nitrogens with one attached hydrogen (secondary N) is 1. The first kappa shape index (κ1) is 14.2. The molecular weight excluding hydrogens is 216 g/mol. The average molecular weight is 240 g/mol. The maximum absolute atomic E-state index is 10.4. The molecular formula is C13H24N2O2. The molecule has 1 unspecified atom stereocenters. The topological polar surface area (TPSA) is 52.6 Å². The van der Waals surface area contributed by atoms with Gasteiger partial charge in [0.15, 0.2) is 0 Å². The summed E-state index contributed by atoms with van der Waals surface area (Å²) in [5.41, 5.74) is 1.23. The van der Waals surface area contributed by atoms with Crippen LogP contribution in [0.1, 0.15) is 26.2 Å². The van der Waals surface area contributed by atoms with Gasteiger partial charge in [-0.15, -0.1) is 6.58 Å². The minimum atomic E-state index is -0.778. The lowest BCUT2D eigenvalue weighted by Crippen LogP contribution is -2.40. The maximum atomic E-state index is 10.4. The molecule has 0 bridgehead atoms. The molecule has 0 aromatic carbocycles. The fraction of sp³-hybridized carbons (Fsp3) is 0.769. The molecule has 0 saturated carbocycles. The molecule has 1 atom stereocenters. The van der Waals surface area contributed by atoms with Crippen LogP contribution in [0.5, 0.6) is 0 Å². The number of hydrogen-bond acceptors (Lipinski definition) is 3. The van der Waals surface area contributed by atoms with Crippen LogP contribution in [0.4, 0.5) is 0 Å². The lowest BCUT2D eigenvalue weighted by molar-refractivity contribution is -0.136. The van der Waals surface area contributed by atoms with Crippen molar-refractivity contribution in [3.8, 4) is 0 Å². The fourth-order valence-electron chi connectivity index (χ4n) is 2.25. The average Bonchev–Trinajstić information content (AvgIpc) is 2.26. The predicted molar refractivity (Wildman–Crippen MR) is 69.1 cm³/mol. The van der Waals surface area contributed by atoms with Crippen molar-refractivity contribution in [2.75, 3.05) is 32.7 Å². The fourth-order valence-corrected chi connectivity index (χ4v) is 2.25. The molecule has 1 rings (SSSR count).